The summed E-state index contributed by atoms with van der Waals surface area (Å²) in [5, 5.41) is 20.8. The van der Waals surface area contributed by atoms with Crippen LogP contribution in [0, 0.1) is 0 Å². The van der Waals surface area contributed by atoms with Crippen LogP contribution in [0.5, 0.6) is 0 Å². The van der Waals surface area contributed by atoms with Crippen molar-refractivity contribution in [3.05, 3.63) is 23.7 Å². The molecule has 0 aliphatic carbocycles. The average Bonchev–Trinajstić information content (AvgIpc) is 2.08. The fraction of sp³-hybridized carbons (Fsp3) is 0.250. The summed E-state index contributed by atoms with van der Waals surface area (Å²) in [6.45, 7) is 2.73. The first kappa shape index (κ1) is 19.5. The van der Waals surface area contributed by atoms with Crippen molar-refractivity contribution in [1.82, 2.24) is 0 Å². The Bertz CT molecular complexity index is 668. The Balaban J connectivity index is 0.000000364. The molecule has 0 radical (unpaired) electrons. The molecule has 0 saturated heterocycles. The van der Waals surface area contributed by atoms with Gasteiger partial charge in [0.1, 0.15) is 11.5 Å². The van der Waals surface area contributed by atoms with Crippen LogP contribution in [0.2, 0.25) is 0 Å². The molecule has 13 heteroatoms. The van der Waals surface area contributed by atoms with E-state index in [2.05, 4.69) is 17.2 Å². The van der Waals surface area contributed by atoms with E-state index in [4.69, 9.17) is 0 Å². The first-order valence-corrected chi connectivity index (χ1v) is 7.51. The molecule has 2 aliphatic rings. The fourth-order valence-electron chi connectivity index (χ4n) is 1.04. The molecule has 0 amide bonds. The summed E-state index contributed by atoms with van der Waals surface area (Å²) in [6, 6.07) is 0. The van der Waals surface area contributed by atoms with Gasteiger partial charge in [-0.1, -0.05) is 0 Å². The maximum Gasteiger partial charge on any atom is 2.00 e. The molecule has 0 bridgehead atoms. The van der Waals surface area contributed by atoms with Gasteiger partial charge in [-0.15, -0.1) is 8.80 Å². The van der Waals surface area contributed by atoms with Crippen molar-refractivity contribution >= 4 is 32.4 Å². The standard InChI is InChI=1S/2C4H5NO4S.Zn/c2*1-3-2-4(6)5-10(7,8)9-3;/h2*2H,1H3,(H,5,6);/q;;+2/p-2. The van der Waals surface area contributed by atoms with Gasteiger partial charge in [0, 0.05) is 11.8 Å². The molecular weight excluding hydrogens is 382 g/mol. The van der Waals surface area contributed by atoms with Crippen LogP contribution in [-0.2, 0) is 48.5 Å². The van der Waals surface area contributed by atoms with E-state index in [0.717, 1.165) is 12.2 Å². The van der Waals surface area contributed by atoms with Crippen LogP contribution in [0.1, 0.15) is 13.8 Å². The Morgan fingerprint density at radius 3 is 1.33 bits per heavy atom. The summed E-state index contributed by atoms with van der Waals surface area (Å²) in [7, 11) is -7.95. The van der Waals surface area contributed by atoms with Gasteiger partial charge in [0.05, 0.1) is 0 Å². The Hall–Kier alpha value is -1.46. The van der Waals surface area contributed by atoms with Gasteiger partial charge in [0.25, 0.3) is 0 Å². The molecule has 2 heterocycles. The number of nitrogens with zero attached hydrogens (tertiary/aromatic N) is 2. The number of hydrogen-bond donors (Lipinski definition) is 0. The van der Waals surface area contributed by atoms with Crippen molar-refractivity contribution < 1.29 is 54.9 Å². The molecule has 112 valence electrons. The minimum atomic E-state index is -3.97. The van der Waals surface area contributed by atoms with Gasteiger partial charge in [0.2, 0.25) is 0 Å². The summed E-state index contributed by atoms with van der Waals surface area (Å²) < 4.78 is 55.5. The van der Waals surface area contributed by atoms with Crippen molar-refractivity contribution in [3.8, 4) is 0 Å². The molecule has 0 unspecified atom stereocenters. The fourth-order valence-corrected chi connectivity index (χ4v) is 2.42. The SMILES string of the molecule is CC1=CC([O-])=NS(=O)(=O)O1.CC1=CC([O-])=NS(=O)(=O)O1.[Zn+2]. The van der Waals surface area contributed by atoms with Crippen LogP contribution >= 0.6 is 0 Å². The number of hydrogen-bond acceptors (Lipinski definition) is 8. The second-order valence-corrected chi connectivity index (χ2v) is 5.80. The Labute approximate surface area is 133 Å². The van der Waals surface area contributed by atoms with Crippen LogP contribution in [0.15, 0.2) is 32.5 Å². The molecule has 10 nitrogen and oxygen atoms in total. The predicted octanol–water partition coefficient (Wildman–Crippen LogP) is -2.15. The predicted molar refractivity (Wildman–Crippen MR) is 62.4 cm³/mol. The Morgan fingerprint density at radius 1 is 0.857 bits per heavy atom. The van der Waals surface area contributed by atoms with E-state index in [1.165, 1.54) is 13.8 Å². The average molecular weight is 390 g/mol. The molecule has 0 fully saturated rings. The largest absolute Gasteiger partial charge is 2.00 e. The third-order valence-corrected chi connectivity index (χ3v) is 3.28. The third kappa shape index (κ3) is 7.20. The normalized spacial score (nSPS) is 21.4. The second-order valence-electron chi connectivity index (χ2n) is 3.39. The zero-order valence-electron chi connectivity index (χ0n) is 10.8. The van der Waals surface area contributed by atoms with Gasteiger partial charge in [-0.2, -0.15) is 16.8 Å². The van der Waals surface area contributed by atoms with Crippen molar-refractivity contribution in [2.75, 3.05) is 0 Å². The number of rotatable bonds is 0. The molecule has 0 atom stereocenters. The molecule has 0 saturated carbocycles. The molecule has 0 aromatic rings. The molecule has 0 spiro atoms. The first-order chi connectivity index (χ1) is 8.99. The summed E-state index contributed by atoms with van der Waals surface area (Å²) in [6.07, 6.45) is 2.00. The van der Waals surface area contributed by atoms with E-state index < -0.39 is 32.4 Å². The van der Waals surface area contributed by atoms with Gasteiger partial charge in [-0.05, 0) is 26.0 Å². The molecule has 2 rings (SSSR count). The van der Waals surface area contributed by atoms with Crippen molar-refractivity contribution in [1.29, 1.82) is 0 Å². The number of allylic oxidation sites excluding steroid dienone is 2. The summed E-state index contributed by atoms with van der Waals surface area (Å²) >= 11 is 0. The van der Waals surface area contributed by atoms with E-state index in [0.29, 0.717) is 0 Å². The summed E-state index contributed by atoms with van der Waals surface area (Å²) in [5.74, 6) is -1.52. The first-order valence-electron chi connectivity index (χ1n) is 4.78. The Kier molecular flexibility index (Phi) is 6.52. The Morgan fingerprint density at radius 2 is 1.14 bits per heavy atom. The third-order valence-electron chi connectivity index (χ3n) is 1.53. The molecule has 21 heavy (non-hydrogen) atoms. The van der Waals surface area contributed by atoms with Crippen LogP contribution in [0.25, 0.3) is 0 Å². The second kappa shape index (κ2) is 7.00. The summed E-state index contributed by atoms with van der Waals surface area (Å²) in [5.41, 5.74) is 0. The van der Waals surface area contributed by atoms with Crippen LogP contribution in [0.3, 0.4) is 0 Å². The van der Waals surface area contributed by atoms with Crippen molar-refractivity contribution in [2.45, 2.75) is 13.8 Å². The summed E-state index contributed by atoms with van der Waals surface area (Å²) in [4.78, 5) is 0. The van der Waals surface area contributed by atoms with Crippen molar-refractivity contribution in [3.63, 3.8) is 0 Å². The van der Waals surface area contributed by atoms with Gasteiger partial charge in [0.15, 0.2) is 0 Å². The van der Waals surface area contributed by atoms with E-state index in [1.54, 1.807) is 0 Å². The quantitative estimate of drug-likeness (QED) is 0.424. The smallest absolute Gasteiger partial charge is 0.858 e. The van der Waals surface area contributed by atoms with Gasteiger partial charge < -0.3 is 18.6 Å². The zero-order valence-corrected chi connectivity index (χ0v) is 15.4. The molecule has 2 aliphatic heterocycles. The molecule has 0 aromatic heterocycles. The molecular formula is C8H8N2O8S2Zn. The van der Waals surface area contributed by atoms with Gasteiger partial charge >= 0.3 is 40.1 Å². The van der Waals surface area contributed by atoms with E-state index in [1.807, 2.05) is 0 Å². The van der Waals surface area contributed by atoms with E-state index in [9.17, 15) is 27.0 Å². The van der Waals surface area contributed by atoms with Gasteiger partial charge in [-0.3, -0.25) is 0 Å². The minimum absolute atomic E-state index is 0. The maximum atomic E-state index is 10.4. The molecule has 0 N–H and O–H groups in total. The van der Waals surface area contributed by atoms with Crippen LogP contribution in [-0.4, -0.2) is 28.6 Å². The van der Waals surface area contributed by atoms with Gasteiger partial charge in [-0.25, -0.2) is 0 Å². The molecule has 0 aromatic carbocycles. The monoisotopic (exact) mass is 388 g/mol. The van der Waals surface area contributed by atoms with E-state index in [-0.39, 0.29) is 31.0 Å². The maximum absolute atomic E-state index is 10.4. The van der Waals surface area contributed by atoms with Crippen molar-refractivity contribution in [2.24, 2.45) is 8.80 Å². The topological polar surface area (TPSA) is 158 Å². The van der Waals surface area contributed by atoms with E-state index >= 15 is 0 Å². The van der Waals surface area contributed by atoms with Crippen LogP contribution in [0.4, 0.5) is 0 Å². The minimum Gasteiger partial charge on any atom is -0.858 e. The van der Waals surface area contributed by atoms with Crippen LogP contribution < -0.4 is 10.2 Å². The zero-order chi connectivity index (χ0) is 15.6.